The lowest BCUT2D eigenvalue weighted by Gasteiger charge is -2.10. The average molecular weight is 413 g/mol. The van der Waals surface area contributed by atoms with Crippen LogP contribution in [0.4, 0.5) is 10.5 Å². The Hall–Kier alpha value is -2.77. The van der Waals surface area contributed by atoms with Gasteiger partial charge in [-0.2, -0.15) is 0 Å². The predicted molar refractivity (Wildman–Crippen MR) is 114 cm³/mol. The van der Waals surface area contributed by atoms with Crippen molar-refractivity contribution in [3.8, 4) is 5.75 Å². The number of rotatable bonds is 6. The highest BCUT2D eigenvalue weighted by Gasteiger charge is 2.09. The van der Waals surface area contributed by atoms with Gasteiger partial charge in [-0.25, -0.2) is 0 Å². The zero-order valence-electron chi connectivity index (χ0n) is 15.5. The molecule has 0 saturated heterocycles. The lowest BCUT2D eigenvalue weighted by molar-refractivity contribution is 0.102. The molecule has 0 saturated carbocycles. The Balaban J connectivity index is 1.59. The molecule has 1 aromatic heterocycles. The van der Waals surface area contributed by atoms with E-state index in [9.17, 15) is 9.59 Å². The number of hydrogen-bond acceptors (Lipinski definition) is 5. The third kappa shape index (κ3) is 5.61. The number of nitrogens with zero attached hydrogens (tertiary/aromatic N) is 1. The Bertz CT molecular complexity index is 939. The third-order valence-electron chi connectivity index (χ3n) is 3.74. The van der Waals surface area contributed by atoms with E-state index < -0.39 is 0 Å². The molecule has 3 rings (SSSR count). The number of carbonyl (C=O) groups is 2. The Kier molecular flexibility index (Phi) is 6.73. The molecular weight excluding hydrogens is 392 g/mol. The van der Waals surface area contributed by atoms with Crippen molar-refractivity contribution in [2.45, 2.75) is 11.5 Å². The first-order chi connectivity index (χ1) is 13.5. The molecule has 2 amide bonds. The molecule has 0 fully saturated rings. The summed E-state index contributed by atoms with van der Waals surface area (Å²) < 4.78 is 5.76. The molecule has 144 valence electrons. The number of nitrogens with one attached hydrogen (secondary N) is 1. The van der Waals surface area contributed by atoms with Crippen LogP contribution in [0.5, 0.6) is 5.75 Å². The number of ether oxygens (including phenoxy) is 1. The lowest BCUT2D eigenvalue weighted by Crippen LogP contribution is -2.16. The molecule has 0 spiro atoms. The van der Waals surface area contributed by atoms with Crippen molar-refractivity contribution in [1.29, 1.82) is 0 Å². The van der Waals surface area contributed by atoms with Crippen LogP contribution >= 0.6 is 23.1 Å². The first-order valence-electron chi connectivity index (χ1n) is 8.57. The van der Waals surface area contributed by atoms with Crippen LogP contribution in [-0.2, 0) is 6.61 Å². The first-order valence-corrected chi connectivity index (χ1v) is 10.3. The van der Waals surface area contributed by atoms with E-state index in [1.54, 1.807) is 55.8 Å². The maximum atomic E-state index is 12.5. The van der Waals surface area contributed by atoms with Crippen molar-refractivity contribution < 1.29 is 14.3 Å². The van der Waals surface area contributed by atoms with Gasteiger partial charge in [0.05, 0.1) is 0 Å². The van der Waals surface area contributed by atoms with Gasteiger partial charge in [0, 0.05) is 35.1 Å². The lowest BCUT2D eigenvalue weighted by atomic mass is 10.2. The largest absolute Gasteiger partial charge is 0.488 e. The fraction of sp³-hybridized carbons (Fsp3) is 0.143. The quantitative estimate of drug-likeness (QED) is 0.554. The standard InChI is InChI=1S/C21H20N2O3S2/c1-23(2)21(25)28-18-10-8-16(9-11-18)22-20(24)15-5-3-6-17(13-15)26-14-19-7-4-12-27-19/h3-13H,14H2,1-2H3,(H,22,24). The van der Waals surface area contributed by atoms with E-state index in [1.807, 2.05) is 35.7 Å². The van der Waals surface area contributed by atoms with Gasteiger partial charge in [-0.1, -0.05) is 12.1 Å². The van der Waals surface area contributed by atoms with E-state index in [2.05, 4.69) is 5.32 Å². The fourth-order valence-corrected chi connectivity index (χ4v) is 3.55. The molecule has 0 atom stereocenters. The molecule has 0 radical (unpaired) electrons. The van der Waals surface area contributed by atoms with Gasteiger partial charge in [0.15, 0.2) is 0 Å². The third-order valence-corrected chi connectivity index (χ3v) is 5.64. The number of thioether (sulfide) groups is 1. The number of anilines is 1. The summed E-state index contributed by atoms with van der Waals surface area (Å²) in [6, 6.07) is 18.3. The summed E-state index contributed by atoms with van der Waals surface area (Å²) in [4.78, 5) is 27.7. The van der Waals surface area contributed by atoms with Gasteiger partial charge in [0.25, 0.3) is 11.1 Å². The van der Waals surface area contributed by atoms with Crippen LogP contribution in [0.2, 0.25) is 0 Å². The number of carbonyl (C=O) groups excluding carboxylic acids is 2. The molecule has 28 heavy (non-hydrogen) atoms. The SMILES string of the molecule is CN(C)C(=O)Sc1ccc(NC(=O)c2cccc(OCc3cccs3)c2)cc1. The molecule has 0 aliphatic heterocycles. The van der Waals surface area contributed by atoms with Crippen molar-refractivity contribution >= 4 is 39.9 Å². The smallest absolute Gasteiger partial charge is 0.285 e. The minimum absolute atomic E-state index is 0.0452. The van der Waals surface area contributed by atoms with E-state index in [0.29, 0.717) is 23.6 Å². The van der Waals surface area contributed by atoms with E-state index in [1.165, 1.54) is 4.90 Å². The number of amides is 2. The van der Waals surface area contributed by atoms with Gasteiger partial charge >= 0.3 is 0 Å². The molecule has 3 aromatic rings. The fourth-order valence-electron chi connectivity index (χ4n) is 2.28. The van der Waals surface area contributed by atoms with Crippen LogP contribution in [0.1, 0.15) is 15.2 Å². The molecule has 7 heteroatoms. The topological polar surface area (TPSA) is 58.6 Å². The van der Waals surface area contributed by atoms with E-state index in [4.69, 9.17) is 4.74 Å². The highest BCUT2D eigenvalue weighted by molar-refractivity contribution is 8.13. The molecule has 1 heterocycles. The molecule has 0 aliphatic rings. The highest BCUT2D eigenvalue weighted by atomic mass is 32.2. The molecule has 0 aliphatic carbocycles. The number of benzene rings is 2. The first kappa shape index (κ1) is 20.0. The zero-order chi connectivity index (χ0) is 19.9. The summed E-state index contributed by atoms with van der Waals surface area (Å²) in [5.41, 5.74) is 1.18. The van der Waals surface area contributed by atoms with Crippen LogP contribution in [0.25, 0.3) is 0 Å². The summed E-state index contributed by atoms with van der Waals surface area (Å²) >= 11 is 2.77. The second kappa shape index (κ2) is 9.43. The van der Waals surface area contributed by atoms with Crippen molar-refractivity contribution in [3.05, 3.63) is 76.5 Å². The average Bonchev–Trinajstić information content (AvgIpc) is 3.21. The maximum Gasteiger partial charge on any atom is 0.285 e. The van der Waals surface area contributed by atoms with Crippen LogP contribution < -0.4 is 10.1 Å². The predicted octanol–water partition coefficient (Wildman–Crippen LogP) is 5.35. The molecule has 0 unspecified atom stereocenters. The molecular formula is C21H20N2O3S2. The summed E-state index contributed by atoms with van der Waals surface area (Å²) in [6.45, 7) is 0.480. The van der Waals surface area contributed by atoms with Gasteiger partial charge < -0.3 is 15.0 Å². The van der Waals surface area contributed by atoms with Crippen molar-refractivity contribution in [3.63, 3.8) is 0 Å². The molecule has 0 bridgehead atoms. The summed E-state index contributed by atoms with van der Waals surface area (Å²) in [5.74, 6) is 0.432. The van der Waals surface area contributed by atoms with E-state index in [0.717, 1.165) is 21.5 Å². The highest BCUT2D eigenvalue weighted by Crippen LogP contribution is 2.23. The Morgan fingerprint density at radius 1 is 1.07 bits per heavy atom. The Labute approximate surface area is 172 Å². The molecule has 5 nitrogen and oxygen atoms in total. The van der Waals surface area contributed by atoms with Crippen LogP contribution in [0.3, 0.4) is 0 Å². The van der Waals surface area contributed by atoms with Gasteiger partial charge in [0.1, 0.15) is 12.4 Å². The maximum absolute atomic E-state index is 12.5. The summed E-state index contributed by atoms with van der Waals surface area (Å²) in [6.07, 6.45) is 0. The number of hydrogen-bond donors (Lipinski definition) is 1. The van der Waals surface area contributed by atoms with Crippen molar-refractivity contribution in [2.75, 3.05) is 19.4 Å². The van der Waals surface area contributed by atoms with E-state index in [-0.39, 0.29) is 11.1 Å². The Morgan fingerprint density at radius 2 is 1.86 bits per heavy atom. The minimum Gasteiger partial charge on any atom is -0.488 e. The van der Waals surface area contributed by atoms with Crippen molar-refractivity contribution in [2.24, 2.45) is 0 Å². The van der Waals surface area contributed by atoms with Gasteiger partial charge in [-0.05, 0) is 65.7 Å². The monoisotopic (exact) mass is 412 g/mol. The van der Waals surface area contributed by atoms with Crippen LogP contribution in [-0.4, -0.2) is 30.1 Å². The van der Waals surface area contributed by atoms with Gasteiger partial charge in [0.2, 0.25) is 0 Å². The second-order valence-corrected chi connectivity index (χ2v) is 8.19. The normalized spacial score (nSPS) is 10.4. The molecule has 2 aromatic carbocycles. The summed E-state index contributed by atoms with van der Waals surface area (Å²) in [5, 5.41) is 4.82. The minimum atomic E-state index is -0.216. The van der Waals surface area contributed by atoms with Gasteiger partial charge in [-0.15, -0.1) is 11.3 Å². The van der Waals surface area contributed by atoms with E-state index >= 15 is 0 Å². The van der Waals surface area contributed by atoms with Crippen LogP contribution in [0.15, 0.2) is 70.9 Å². The van der Waals surface area contributed by atoms with Gasteiger partial charge in [-0.3, -0.25) is 9.59 Å². The van der Waals surface area contributed by atoms with Crippen molar-refractivity contribution in [1.82, 2.24) is 4.90 Å². The number of thiophene rings is 1. The van der Waals surface area contributed by atoms with Crippen LogP contribution in [0, 0.1) is 0 Å². The summed E-state index contributed by atoms with van der Waals surface area (Å²) in [7, 11) is 3.42. The Morgan fingerprint density at radius 3 is 2.54 bits per heavy atom. The second-order valence-electron chi connectivity index (χ2n) is 6.14. The molecule has 1 N–H and O–H groups in total. The zero-order valence-corrected chi connectivity index (χ0v) is 17.2.